The number of para-hydroxylation sites is 1. The molecule has 0 spiro atoms. The predicted molar refractivity (Wildman–Crippen MR) is 119 cm³/mol. The Labute approximate surface area is 173 Å². The van der Waals surface area contributed by atoms with Crippen molar-refractivity contribution in [2.24, 2.45) is 5.92 Å². The third-order valence-corrected chi connectivity index (χ3v) is 6.18. The van der Waals surface area contributed by atoms with Crippen molar-refractivity contribution in [3.8, 4) is 11.3 Å². The molecule has 0 aliphatic carbocycles. The van der Waals surface area contributed by atoms with Crippen LogP contribution in [0.4, 0.5) is 0 Å². The second-order valence-corrected chi connectivity index (χ2v) is 7.86. The van der Waals surface area contributed by atoms with Crippen LogP contribution in [-0.2, 0) is 0 Å². The summed E-state index contributed by atoms with van der Waals surface area (Å²) in [5.74, 6) is 0.649. The van der Waals surface area contributed by atoms with Gasteiger partial charge in [-0.2, -0.15) is 0 Å². The molecule has 29 heavy (non-hydrogen) atoms. The van der Waals surface area contributed by atoms with Crippen molar-refractivity contribution in [3.05, 3.63) is 66.2 Å². The Morgan fingerprint density at radius 2 is 1.79 bits per heavy atom. The topological polar surface area (TPSA) is 45.2 Å². The summed E-state index contributed by atoms with van der Waals surface area (Å²) < 4.78 is 0. The minimum atomic E-state index is 0.106. The van der Waals surface area contributed by atoms with E-state index < -0.39 is 0 Å². The average Bonchev–Trinajstić information content (AvgIpc) is 2.79. The highest BCUT2D eigenvalue weighted by Crippen LogP contribution is 2.28. The number of fused-ring (bicyclic) bond motifs is 1. The molecule has 150 valence electrons. The zero-order chi connectivity index (χ0) is 20.2. The van der Waals surface area contributed by atoms with E-state index in [0.717, 1.165) is 53.7 Å². The Hall–Kier alpha value is -2.72. The van der Waals surface area contributed by atoms with Crippen LogP contribution in [-0.4, -0.2) is 41.5 Å². The minimum absolute atomic E-state index is 0.106. The largest absolute Gasteiger partial charge is 0.336 e. The number of hydrogen-bond acceptors (Lipinski definition) is 3. The Bertz CT molecular complexity index is 980. The second-order valence-electron chi connectivity index (χ2n) is 7.86. The lowest BCUT2D eigenvalue weighted by atomic mass is 9.89. The van der Waals surface area contributed by atoms with Crippen LogP contribution in [0.5, 0.6) is 0 Å². The van der Waals surface area contributed by atoms with Crippen LogP contribution >= 0.6 is 0 Å². The quantitative estimate of drug-likeness (QED) is 0.687. The zero-order valence-corrected chi connectivity index (χ0v) is 17.3. The molecule has 1 atom stereocenters. The lowest BCUT2D eigenvalue weighted by molar-refractivity contribution is 0.0620. The number of aromatic nitrogens is 1. The first-order chi connectivity index (χ1) is 14.2. The number of hydrogen-bond donors (Lipinski definition) is 1. The standard InChI is InChI=1S/C25H29N3O/c1-3-28(18(2)19-13-15-26-16-14-19)25(29)22-17-24(20-9-5-4-6-10-20)27-23-12-8-7-11-21(22)23/h4-12,17-19,26H,3,13-16H2,1-2H3. The monoisotopic (exact) mass is 387 g/mol. The smallest absolute Gasteiger partial charge is 0.254 e. The maximum absolute atomic E-state index is 13.7. The van der Waals surface area contributed by atoms with Crippen LogP contribution in [0, 0.1) is 5.92 Å². The molecule has 1 aliphatic heterocycles. The first-order valence-corrected chi connectivity index (χ1v) is 10.7. The molecule has 2 aromatic carbocycles. The second kappa shape index (κ2) is 8.75. The van der Waals surface area contributed by atoms with Crippen molar-refractivity contribution in [3.63, 3.8) is 0 Å². The normalized spacial score (nSPS) is 15.9. The van der Waals surface area contributed by atoms with E-state index in [1.807, 2.05) is 65.6 Å². The zero-order valence-electron chi connectivity index (χ0n) is 17.3. The Balaban J connectivity index is 1.75. The molecule has 1 aromatic heterocycles. The van der Waals surface area contributed by atoms with Gasteiger partial charge in [0.15, 0.2) is 0 Å². The van der Waals surface area contributed by atoms with Gasteiger partial charge in [-0.05, 0) is 57.8 Å². The summed E-state index contributed by atoms with van der Waals surface area (Å²) in [7, 11) is 0. The summed E-state index contributed by atoms with van der Waals surface area (Å²) in [6, 6.07) is 20.2. The number of pyridine rings is 1. The van der Waals surface area contributed by atoms with Crippen LogP contribution in [0.3, 0.4) is 0 Å². The SMILES string of the molecule is CCN(C(=O)c1cc(-c2ccccc2)nc2ccccc12)C(C)C1CCNCC1. The fourth-order valence-corrected chi connectivity index (χ4v) is 4.46. The van der Waals surface area contributed by atoms with Gasteiger partial charge in [-0.3, -0.25) is 4.79 Å². The molecule has 1 fully saturated rings. The van der Waals surface area contributed by atoms with Crippen molar-refractivity contribution in [2.75, 3.05) is 19.6 Å². The molecular formula is C25H29N3O. The average molecular weight is 388 g/mol. The first kappa shape index (κ1) is 19.6. The van der Waals surface area contributed by atoms with Gasteiger partial charge in [0, 0.05) is 23.5 Å². The molecule has 4 heteroatoms. The fraction of sp³-hybridized carbons (Fsp3) is 0.360. The van der Waals surface area contributed by atoms with Gasteiger partial charge in [0.05, 0.1) is 16.8 Å². The molecule has 1 aliphatic rings. The summed E-state index contributed by atoms with van der Waals surface area (Å²) in [6.45, 7) is 7.07. The van der Waals surface area contributed by atoms with E-state index in [2.05, 4.69) is 19.2 Å². The van der Waals surface area contributed by atoms with Crippen molar-refractivity contribution in [1.29, 1.82) is 0 Å². The number of nitrogens with one attached hydrogen (secondary N) is 1. The molecular weight excluding hydrogens is 358 g/mol. The van der Waals surface area contributed by atoms with Crippen molar-refractivity contribution in [1.82, 2.24) is 15.2 Å². The number of benzene rings is 2. The summed E-state index contributed by atoms with van der Waals surface area (Å²) in [4.78, 5) is 20.6. The highest BCUT2D eigenvalue weighted by molar-refractivity contribution is 6.07. The van der Waals surface area contributed by atoms with E-state index in [1.54, 1.807) is 0 Å². The molecule has 1 N–H and O–H groups in total. The number of carbonyl (C=O) groups excluding carboxylic acids is 1. The number of piperidine rings is 1. The number of nitrogens with zero attached hydrogens (tertiary/aromatic N) is 2. The van der Waals surface area contributed by atoms with Crippen LogP contribution in [0.1, 0.15) is 37.0 Å². The van der Waals surface area contributed by atoms with Crippen molar-refractivity contribution in [2.45, 2.75) is 32.7 Å². The third-order valence-electron chi connectivity index (χ3n) is 6.18. The Morgan fingerprint density at radius 1 is 1.10 bits per heavy atom. The van der Waals surface area contributed by atoms with Gasteiger partial charge >= 0.3 is 0 Å². The molecule has 1 saturated heterocycles. The Morgan fingerprint density at radius 3 is 2.52 bits per heavy atom. The summed E-state index contributed by atoms with van der Waals surface area (Å²) in [5.41, 5.74) is 3.49. The maximum atomic E-state index is 13.7. The van der Waals surface area contributed by atoms with E-state index in [1.165, 1.54) is 0 Å². The lowest BCUT2D eigenvalue weighted by Crippen LogP contribution is -2.45. The van der Waals surface area contributed by atoms with Gasteiger partial charge in [0.1, 0.15) is 0 Å². The van der Waals surface area contributed by atoms with Gasteiger partial charge in [0.2, 0.25) is 0 Å². The number of amides is 1. The van der Waals surface area contributed by atoms with E-state index >= 15 is 0 Å². The molecule has 3 aromatic rings. The molecule has 4 nitrogen and oxygen atoms in total. The van der Waals surface area contributed by atoms with Gasteiger partial charge in [-0.1, -0.05) is 48.5 Å². The van der Waals surface area contributed by atoms with Crippen LogP contribution in [0.2, 0.25) is 0 Å². The van der Waals surface area contributed by atoms with E-state index in [0.29, 0.717) is 12.5 Å². The van der Waals surface area contributed by atoms with Gasteiger partial charge < -0.3 is 10.2 Å². The molecule has 1 unspecified atom stereocenters. The van der Waals surface area contributed by atoms with E-state index in [9.17, 15) is 4.79 Å². The number of carbonyl (C=O) groups is 1. The third kappa shape index (κ3) is 4.03. The fourth-order valence-electron chi connectivity index (χ4n) is 4.46. The highest BCUT2D eigenvalue weighted by atomic mass is 16.2. The van der Waals surface area contributed by atoms with E-state index in [4.69, 9.17) is 4.98 Å². The van der Waals surface area contributed by atoms with Crippen LogP contribution < -0.4 is 5.32 Å². The number of rotatable bonds is 5. The van der Waals surface area contributed by atoms with Gasteiger partial charge in [-0.15, -0.1) is 0 Å². The summed E-state index contributed by atoms with van der Waals surface area (Å²) in [5, 5.41) is 4.35. The lowest BCUT2D eigenvalue weighted by Gasteiger charge is -2.36. The molecule has 0 radical (unpaired) electrons. The molecule has 0 bridgehead atoms. The summed E-state index contributed by atoms with van der Waals surface area (Å²) in [6.07, 6.45) is 2.24. The summed E-state index contributed by atoms with van der Waals surface area (Å²) >= 11 is 0. The molecule has 0 saturated carbocycles. The molecule has 2 heterocycles. The van der Waals surface area contributed by atoms with Crippen LogP contribution in [0.15, 0.2) is 60.7 Å². The van der Waals surface area contributed by atoms with Crippen molar-refractivity contribution < 1.29 is 4.79 Å². The first-order valence-electron chi connectivity index (χ1n) is 10.7. The highest BCUT2D eigenvalue weighted by Gasteiger charge is 2.29. The predicted octanol–water partition coefficient (Wildman–Crippen LogP) is 4.75. The molecule has 1 amide bonds. The van der Waals surface area contributed by atoms with Crippen LogP contribution in [0.25, 0.3) is 22.2 Å². The minimum Gasteiger partial charge on any atom is -0.336 e. The van der Waals surface area contributed by atoms with Gasteiger partial charge in [0.25, 0.3) is 5.91 Å². The van der Waals surface area contributed by atoms with Gasteiger partial charge in [-0.25, -0.2) is 4.98 Å². The molecule has 4 rings (SSSR count). The Kier molecular flexibility index (Phi) is 5.91. The maximum Gasteiger partial charge on any atom is 0.254 e. The van der Waals surface area contributed by atoms with E-state index in [-0.39, 0.29) is 11.9 Å². The van der Waals surface area contributed by atoms with Crippen molar-refractivity contribution >= 4 is 16.8 Å².